The Bertz CT molecular complexity index is 436. The molecule has 4 heteroatoms. The Morgan fingerprint density at radius 1 is 1.32 bits per heavy atom. The number of aromatic nitrogens is 2. The van der Waals surface area contributed by atoms with E-state index >= 15 is 0 Å². The fourth-order valence-electron chi connectivity index (χ4n) is 2.46. The highest BCUT2D eigenvalue weighted by Gasteiger charge is 2.23. The van der Waals surface area contributed by atoms with Crippen LogP contribution >= 0.6 is 0 Å². The van der Waals surface area contributed by atoms with Crippen LogP contribution in [0.4, 0.5) is 11.6 Å². The van der Waals surface area contributed by atoms with Gasteiger partial charge < -0.3 is 10.2 Å². The van der Waals surface area contributed by atoms with Crippen molar-refractivity contribution in [3.63, 3.8) is 0 Å². The molecule has 1 fully saturated rings. The SMILES string of the molecule is CNc1cc(N2CCCC(C)C2)nc(C(C)(C)C)n1. The van der Waals surface area contributed by atoms with Crippen LogP contribution in [-0.2, 0) is 5.41 Å². The zero-order chi connectivity index (χ0) is 14.0. The molecule has 0 radical (unpaired) electrons. The second kappa shape index (κ2) is 5.35. The standard InChI is InChI=1S/C15H26N4/c1-11-7-6-8-19(10-11)13-9-12(16-5)17-14(18-13)15(2,3)4/h9,11H,6-8,10H2,1-5H3,(H,16,17,18). The van der Waals surface area contributed by atoms with Crippen LogP contribution in [0, 0.1) is 5.92 Å². The Balaban J connectivity index is 2.34. The lowest BCUT2D eigenvalue weighted by atomic mass is 9.95. The van der Waals surface area contributed by atoms with Crippen molar-refractivity contribution in [2.24, 2.45) is 5.92 Å². The zero-order valence-electron chi connectivity index (χ0n) is 12.8. The van der Waals surface area contributed by atoms with Crippen LogP contribution in [-0.4, -0.2) is 30.1 Å². The molecular weight excluding hydrogens is 236 g/mol. The van der Waals surface area contributed by atoms with Crippen molar-refractivity contribution in [1.82, 2.24) is 9.97 Å². The zero-order valence-corrected chi connectivity index (χ0v) is 12.8. The first-order chi connectivity index (χ1) is 8.90. The van der Waals surface area contributed by atoms with Gasteiger partial charge in [-0.05, 0) is 18.8 Å². The normalized spacial score (nSPS) is 20.5. The average Bonchev–Trinajstić information content (AvgIpc) is 2.37. The molecule has 2 rings (SSSR count). The van der Waals surface area contributed by atoms with E-state index in [1.807, 2.05) is 7.05 Å². The quantitative estimate of drug-likeness (QED) is 0.889. The molecule has 0 saturated carbocycles. The number of hydrogen-bond acceptors (Lipinski definition) is 4. The van der Waals surface area contributed by atoms with Crippen molar-refractivity contribution in [3.05, 3.63) is 11.9 Å². The van der Waals surface area contributed by atoms with E-state index in [2.05, 4.69) is 49.0 Å². The molecule has 1 aromatic heterocycles. The summed E-state index contributed by atoms with van der Waals surface area (Å²) < 4.78 is 0. The van der Waals surface area contributed by atoms with Gasteiger partial charge in [-0.3, -0.25) is 0 Å². The smallest absolute Gasteiger partial charge is 0.138 e. The minimum absolute atomic E-state index is 0.0248. The Labute approximate surface area is 116 Å². The second-order valence-corrected chi connectivity index (χ2v) is 6.63. The van der Waals surface area contributed by atoms with Crippen LogP contribution in [0.3, 0.4) is 0 Å². The topological polar surface area (TPSA) is 41.0 Å². The number of rotatable bonds is 2. The van der Waals surface area contributed by atoms with E-state index in [1.54, 1.807) is 0 Å². The van der Waals surface area contributed by atoms with Gasteiger partial charge in [-0.25, -0.2) is 9.97 Å². The van der Waals surface area contributed by atoms with Crippen molar-refractivity contribution in [1.29, 1.82) is 0 Å². The fourth-order valence-corrected chi connectivity index (χ4v) is 2.46. The molecule has 106 valence electrons. The largest absolute Gasteiger partial charge is 0.373 e. The van der Waals surface area contributed by atoms with E-state index < -0.39 is 0 Å². The molecule has 1 saturated heterocycles. The van der Waals surface area contributed by atoms with E-state index in [0.717, 1.165) is 36.5 Å². The molecule has 0 aromatic carbocycles. The lowest BCUT2D eigenvalue weighted by Crippen LogP contribution is -2.35. The van der Waals surface area contributed by atoms with Gasteiger partial charge in [0.1, 0.15) is 17.5 Å². The minimum Gasteiger partial charge on any atom is -0.373 e. The van der Waals surface area contributed by atoms with Crippen LogP contribution in [0.2, 0.25) is 0 Å². The third kappa shape index (κ3) is 3.37. The van der Waals surface area contributed by atoms with E-state index in [1.165, 1.54) is 12.8 Å². The molecule has 0 bridgehead atoms. The number of piperidine rings is 1. The van der Waals surface area contributed by atoms with Crippen LogP contribution in [0.5, 0.6) is 0 Å². The molecule has 1 aliphatic rings. The van der Waals surface area contributed by atoms with Gasteiger partial charge in [0.05, 0.1) is 0 Å². The summed E-state index contributed by atoms with van der Waals surface area (Å²) in [5.41, 5.74) is -0.0248. The molecule has 1 aromatic rings. The highest BCUT2D eigenvalue weighted by molar-refractivity contribution is 5.50. The summed E-state index contributed by atoms with van der Waals surface area (Å²) in [7, 11) is 1.91. The summed E-state index contributed by atoms with van der Waals surface area (Å²) >= 11 is 0. The van der Waals surface area contributed by atoms with Gasteiger partial charge >= 0.3 is 0 Å². The van der Waals surface area contributed by atoms with Gasteiger partial charge in [0, 0.05) is 31.6 Å². The molecular formula is C15H26N4. The highest BCUT2D eigenvalue weighted by atomic mass is 15.2. The molecule has 0 aliphatic carbocycles. The molecule has 4 nitrogen and oxygen atoms in total. The summed E-state index contributed by atoms with van der Waals surface area (Å²) in [5.74, 6) is 3.64. The minimum atomic E-state index is -0.0248. The predicted octanol–water partition coefficient (Wildman–Crippen LogP) is 3.05. The number of anilines is 2. The molecule has 1 atom stereocenters. The van der Waals surface area contributed by atoms with E-state index in [0.29, 0.717) is 0 Å². The van der Waals surface area contributed by atoms with Gasteiger partial charge in [-0.1, -0.05) is 27.7 Å². The van der Waals surface area contributed by atoms with Crippen LogP contribution < -0.4 is 10.2 Å². The van der Waals surface area contributed by atoms with Crippen molar-refractivity contribution < 1.29 is 0 Å². The Morgan fingerprint density at radius 2 is 2.05 bits per heavy atom. The maximum Gasteiger partial charge on any atom is 0.138 e. The monoisotopic (exact) mass is 262 g/mol. The fraction of sp³-hybridized carbons (Fsp3) is 0.733. The third-order valence-electron chi connectivity index (χ3n) is 3.62. The Morgan fingerprint density at radius 3 is 2.63 bits per heavy atom. The summed E-state index contributed by atoms with van der Waals surface area (Å²) in [6.07, 6.45) is 2.58. The Hall–Kier alpha value is -1.32. The van der Waals surface area contributed by atoms with E-state index in [-0.39, 0.29) is 5.41 Å². The summed E-state index contributed by atoms with van der Waals surface area (Å²) in [5, 5.41) is 3.15. The molecule has 0 spiro atoms. The Kier molecular flexibility index (Phi) is 3.97. The van der Waals surface area contributed by atoms with Crippen LogP contribution in [0.1, 0.15) is 46.4 Å². The molecule has 2 heterocycles. The maximum atomic E-state index is 4.79. The lowest BCUT2D eigenvalue weighted by Gasteiger charge is -2.32. The van der Waals surface area contributed by atoms with Gasteiger partial charge in [0.2, 0.25) is 0 Å². The maximum absolute atomic E-state index is 4.79. The van der Waals surface area contributed by atoms with Crippen LogP contribution in [0.25, 0.3) is 0 Å². The molecule has 1 aliphatic heterocycles. The first-order valence-corrected chi connectivity index (χ1v) is 7.22. The lowest BCUT2D eigenvalue weighted by molar-refractivity contribution is 0.442. The first kappa shape index (κ1) is 14.1. The predicted molar refractivity (Wildman–Crippen MR) is 80.9 cm³/mol. The van der Waals surface area contributed by atoms with Crippen molar-refractivity contribution in [3.8, 4) is 0 Å². The molecule has 0 amide bonds. The number of hydrogen-bond donors (Lipinski definition) is 1. The van der Waals surface area contributed by atoms with Gasteiger partial charge in [-0.15, -0.1) is 0 Å². The number of nitrogens with one attached hydrogen (secondary N) is 1. The molecule has 1 unspecified atom stereocenters. The molecule has 19 heavy (non-hydrogen) atoms. The number of nitrogens with zero attached hydrogens (tertiary/aromatic N) is 3. The summed E-state index contributed by atoms with van der Waals surface area (Å²) in [6, 6.07) is 2.06. The van der Waals surface area contributed by atoms with Gasteiger partial charge in [-0.2, -0.15) is 0 Å². The van der Waals surface area contributed by atoms with Gasteiger partial charge in [0.15, 0.2) is 0 Å². The van der Waals surface area contributed by atoms with Crippen molar-refractivity contribution in [2.45, 2.75) is 46.0 Å². The van der Waals surface area contributed by atoms with Gasteiger partial charge in [0.25, 0.3) is 0 Å². The van der Waals surface area contributed by atoms with E-state index in [9.17, 15) is 0 Å². The van der Waals surface area contributed by atoms with Crippen molar-refractivity contribution in [2.75, 3.05) is 30.4 Å². The van der Waals surface area contributed by atoms with Crippen LogP contribution in [0.15, 0.2) is 6.07 Å². The van der Waals surface area contributed by atoms with E-state index in [4.69, 9.17) is 4.98 Å². The molecule has 1 N–H and O–H groups in total. The highest BCUT2D eigenvalue weighted by Crippen LogP contribution is 2.26. The summed E-state index contributed by atoms with van der Waals surface area (Å²) in [4.78, 5) is 11.8. The average molecular weight is 262 g/mol. The third-order valence-corrected chi connectivity index (χ3v) is 3.62. The second-order valence-electron chi connectivity index (χ2n) is 6.63. The first-order valence-electron chi connectivity index (χ1n) is 7.22. The summed E-state index contributed by atoms with van der Waals surface area (Å²) in [6.45, 7) is 11.0. The van der Waals surface area contributed by atoms with Crippen molar-refractivity contribution >= 4 is 11.6 Å².